The molecule has 1 aromatic heterocycles. The van der Waals surface area contributed by atoms with Crippen molar-refractivity contribution in [2.24, 2.45) is 0 Å². The maximum absolute atomic E-state index is 12.5. The van der Waals surface area contributed by atoms with Gasteiger partial charge in [0.25, 0.3) is 5.91 Å². The van der Waals surface area contributed by atoms with Crippen LogP contribution in [-0.4, -0.2) is 39.7 Å². The molecule has 0 fully saturated rings. The topological polar surface area (TPSA) is 64.4 Å². The molecule has 0 saturated heterocycles. The molecule has 33 heavy (non-hydrogen) atoms. The number of hydrogen-bond donors (Lipinski definition) is 0. The van der Waals surface area contributed by atoms with Crippen molar-refractivity contribution < 1.29 is 14.3 Å². The van der Waals surface area contributed by atoms with Gasteiger partial charge in [0.15, 0.2) is 6.61 Å². The first-order valence-corrected chi connectivity index (χ1v) is 11.3. The average molecular weight is 464 g/mol. The first-order chi connectivity index (χ1) is 15.9. The number of hydrogen-bond acceptors (Lipinski definition) is 4. The van der Waals surface area contributed by atoms with E-state index in [2.05, 4.69) is 11.2 Å². The molecule has 0 spiro atoms. The molecule has 170 valence electrons. The van der Waals surface area contributed by atoms with Crippen LogP contribution in [0.4, 0.5) is 0 Å². The van der Waals surface area contributed by atoms with Crippen LogP contribution < -0.4 is 0 Å². The molecule has 7 heteroatoms. The number of esters is 1. The summed E-state index contributed by atoms with van der Waals surface area (Å²) in [4.78, 5) is 26.4. The fourth-order valence-corrected chi connectivity index (χ4v) is 4.16. The van der Waals surface area contributed by atoms with Crippen LogP contribution in [0, 0.1) is 13.8 Å². The van der Waals surface area contributed by atoms with Crippen LogP contribution in [0.25, 0.3) is 6.08 Å². The number of ether oxygens (including phenoxy) is 1. The Morgan fingerprint density at radius 2 is 1.82 bits per heavy atom. The first kappa shape index (κ1) is 22.8. The second-order valence-electron chi connectivity index (χ2n) is 8.21. The van der Waals surface area contributed by atoms with Crippen molar-refractivity contribution in [1.29, 1.82) is 0 Å². The van der Waals surface area contributed by atoms with E-state index in [9.17, 15) is 9.59 Å². The average Bonchev–Trinajstić information content (AvgIpc) is 3.09. The lowest BCUT2D eigenvalue weighted by Crippen LogP contribution is -2.38. The lowest BCUT2D eigenvalue weighted by Gasteiger charge is -2.28. The predicted molar refractivity (Wildman–Crippen MR) is 128 cm³/mol. The zero-order chi connectivity index (χ0) is 23.4. The van der Waals surface area contributed by atoms with Gasteiger partial charge in [0.2, 0.25) is 0 Å². The Bertz CT molecular complexity index is 1200. The summed E-state index contributed by atoms with van der Waals surface area (Å²) in [5.74, 6) is -0.797. The minimum atomic E-state index is -0.595. The lowest BCUT2D eigenvalue weighted by atomic mass is 10.00. The number of benzene rings is 2. The van der Waals surface area contributed by atoms with Gasteiger partial charge < -0.3 is 9.64 Å². The highest BCUT2D eigenvalue weighted by atomic mass is 35.5. The molecule has 0 N–H and O–H groups in total. The van der Waals surface area contributed by atoms with E-state index in [4.69, 9.17) is 16.3 Å². The third kappa shape index (κ3) is 5.52. The molecule has 0 atom stereocenters. The first-order valence-electron chi connectivity index (χ1n) is 10.9. The Hall–Kier alpha value is -3.38. The Balaban J connectivity index is 1.33. The van der Waals surface area contributed by atoms with Crippen molar-refractivity contribution in [2.75, 3.05) is 13.2 Å². The van der Waals surface area contributed by atoms with Gasteiger partial charge in [-0.2, -0.15) is 5.10 Å². The van der Waals surface area contributed by atoms with E-state index in [1.807, 2.05) is 56.3 Å². The van der Waals surface area contributed by atoms with Crippen LogP contribution in [-0.2, 0) is 33.8 Å². The van der Waals surface area contributed by atoms with Crippen LogP contribution in [0.2, 0.25) is 5.15 Å². The van der Waals surface area contributed by atoms with Gasteiger partial charge in [0, 0.05) is 24.7 Å². The van der Waals surface area contributed by atoms with Gasteiger partial charge in [0.1, 0.15) is 5.15 Å². The fourth-order valence-electron chi connectivity index (χ4n) is 3.86. The maximum Gasteiger partial charge on any atom is 0.331 e. The highest BCUT2D eigenvalue weighted by Crippen LogP contribution is 2.23. The van der Waals surface area contributed by atoms with Crippen molar-refractivity contribution in [3.8, 4) is 0 Å². The number of aryl methyl sites for hydroxylation is 2. The Kier molecular flexibility index (Phi) is 6.94. The summed E-state index contributed by atoms with van der Waals surface area (Å²) in [5, 5.41) is 4.92. The van der Waals surface area contributed by atoms with Crippen LogP contribution >= 0.6 is 11.6 Å². The summed E-state index contributed by atoms with van der Waals surface area (Å²) in [6, 6.07) is 16.2. The van der Waals surface area contributed by atoms with Gasteiger partial charge in [0.05, 0.1) is 12.2 Å². The van der Waals surface area contributed by atoms with Gasteiger partial charge in [-0.25, -0.2) is 9.48 Å². The molecule has 0 aliphatic carbocycles. The van der Waals surface area contributed by atoms with Crippen LogP contribution in [0.5, 0.6) is 0 Å². The Labute approximate surface area is 198 Å². The van der Waals surface area contributed by atoms with E-state index < -0.39 is 5.97 Å². The maximum atomic E-state index is 12.5. The highest BCUT2D eigenvalue weighted by Gasteiger charge is 2.21. The monoisotopic (exact) mass is 463 g/mol. The molecule has 4 rings (SSSR count). The second-order valence-corrected chi connectivity index (χ2v) is 8.57. The summed E-state index contributed by atoms with van der Waals surface area (Å²) >= 11 is 6.50. The summed E-state index contributed by atoms with van der Waals surface area (Å²) in [5.41, 5.74) is 6.03. The normalized spacial score (nSPS) is 13.2. The molecule has 0 saturated carbocycles. The van der Waals surface area contributed by atoms with Crippen molar-refractivity contribution in [2.45, 2.75) is 33.4 Å². The number of nitrogens with zero attached hydrogens (tertiary/aromatic N) is 3. The number of carbonyl (C=O) groups is 2. The van der Waals surface area contributed by atoms with E-state index in [0.29, 0.717) is 36.0 Å². The zero-order valence-electron chi connectivity index (χ0n) is 18.8. The number of halogens is 1. The van der Waals surface area contributed by atoms with E-state index in [-0.39, 0.29) is 12.5 Å². The minimum Gasteiger partial charge on any atom is -0.452 e. The molecule has 2 heterocycles. The smallest absolute Gasteiger partial charge is 0.331 e. The molecule has 0 bridgehead atoms. The lowest BCUT2D eigenvalue weighted by molar-refractivity contribution is -0.148. The van der Waals surface area contributed by atoms with E-state index in [1.54, 1.807) is 15.7 Å². The number of carbonyl (C=O) groups excluding carboxylic acids is 2. The van der Waals surface area contributed by atoms with Gasteiger partial charge in [-0.3, -0.25) is 4.79 Å². The Morgan fingerprint density at radius 3 is 2.58 bits per heavy atom. The highest BCUT2D eigenvalue weighted by molar-refractivity contribution is 6.31. The van der Waals surface area contributed by atoms with E-state index in [0.717, 1.165) is 17.5 Å². The van der Waals surface area contributed by atoms with Crippen LogP contribution in [0.1, 0.15) is 33.5 Å². The largest absolute Gasteiger partial charge is 0.452 e. The van der Waals surface area contributed by atoms with Crippen molar-refractivity contribution in [3.63, 3.8) is 0 Å². The summed E-state index contributed by atoms with van der Waals surface area (Å²) < 4.78 is 6.87. The molecule has 1 amide bonds. The molecule has 2 aromatic carbocycles. The minimum absolute atomic E-state index is 0.202. The quantitative estimate of drug-likeness (QED) is 0.403. The van der Waals surface area contributed by atoms with Gasteiger partial charge >= 0.3 is 5.97 Å². The zero-order valence-corrected chi connectivity index (χ0v) is 19.5. The number of amides is 1. The fraction of sp³-hybridized carbons (Fsp3) is 0.269. The van der Waals surface area contributed by atoms with Crippen LogP contribution in [0.15, 0.2) is 54.6 Å². The SMILES string of the molecule is Cc1ccc(Cn2nc(C)c(C=CC(=O)OCC(=O)N3CCc4ccccc4C3)c2Cl)cc1. The van der Waals surface area contributed by atoms with E-state index in [1.165, 1.54) is 17.2 Å². The van der Waals surface area contributed by atoms with Gasteiger partial charge in [-0.05, 0) is 43.0 Å². The molecule has 3 aromatic rings. The number of rotatable bonds is 6. The standard InChI is InChI=1S/C26H26ClN3O3/c1-18-7-9-20(10-8-18)15-30-26(27)23(19(2)28-30)11-12-25(32)33-17-24(31)29-14-13-21-5-3-4-6-22(21)16-29/h3-12H,13-17H2,1-2H3. The number of fused-ring (bicyclic) bond motifs is 1. The predicted octanol–water partition coefficient (Wildman–Crippen LogP) is 4.34. The third-order valence-corrected chi connectivity index (χ3v) is 6.17. The van der Waals surface area contributed by atoms with Crippen molar-refractivity contribution in [3.05, 3.63) is 93.3 Å². The van der Waals surface area contributed by atoms with Gasteiger partial charge in [-0.1, -0.05) is 65.7 Å². The second kappa shape index (κ2) is 10.0. The number of aromatic nitrogens is 2. The van der Waals surface area contributed by atoms with Crippen molar-refractivity contribution in [1.82, 2.24) is 14.7 Å². The Morgan fingerprint density at radius 1 is 1.09 bits per heavy atom. The van der Waals surface area contributed by atoms with Crippen molar-refractivity contribution >= 4 is 29.6 Å². The van der Waals surface area contributed by atoms with Gasteiger partial charge in [-0.15, -0.1) is 0 Å². The molecule has 1 aliphatic rings. The molecule has 0 unspecified atom stereocenters. The molecule has 0 radical (unpaired) electrons. The molecule has 6 nitrogen and oxygen atoms in total. The summed E-state index contributed by atoms with van der Waals surface area (Å²) in [7, 11) is 0. The summed E-state index contributed by atoms with van der Waals surface area (Å²) in [6.07, 6.45) is 3.67. The third-order valence-electron chi connectivity index (χ3n) is 5.77. The molecular formula is C26H26ClN3O3. The molecule has 1 aliphatic heterocycles. The molecular weight excluding hydrogens is 438 g/mol. The summed E-state index contributed by atoms with van der Waals surface area (Å²) in [6.45, 7) is 5.28. The van der Waals surface area contributed by atoms with Crippen LogP contribution in [0.3, 0.4) is 0 Å². The van der Waals surface area contributed by atoms with E-state index >= 15 is 0 Å².